The van der Waals surface area contributed by atoms with Crippen molar-refractivity contribution in [1.29, 1.82) is 0 Å². The molecule has 0 saturated carbocycles. The molecule has 0 aliphatic heterocycles. The van der Waals surface area contributed by atoms with Crippen molar-refractivity contribution < 1.29 is 67.4 Å². The van der Waals surface area contributed by atoms with Gasteiger partial charge in [-0.1, -0.05) is 24.3 Å². The van der Waals surface area contributed by atoms with Crippen molar-refractivity contribution >= 4 is 48.3 Å². The molecule has 0 aromatic heterocycles. The van der Waals surface area contributed by atoms with Gasteiger partial charge in [-0.3, -0.25) is 0 Å². The Balaban J connectivity index is 2.03. The molecule has 2 aromatic rings. The predicted molar refractivity (Wildman–Crippen MR) is 132 cm³/mol. The molecule has 0 heterocycles. The lowest BCUT2D eigenvalue weighted by atomic mass is 10.2. The van der Waals surface area contributed by atoms with Crippen LogP contribution in [0.2, 0.25) is 0 Å². The normalized spacial score (nSPS) is 12.2. The Labute approximate surface area is 225 Å². The molecule has 14 nitrogen and oxygen atoms in total. The minimum Gasteiger partial charge on any atom is -0.478 e. The third-order valence-electron chi connectivity index (χ3n) is 4.57. The average Bonchev–Trinajstić information content (AvgIpc) is 2.93. The Morgan fingerprint density at radius 1 is 0.600 bits per heavy atom. The molecule has 0 aliphatic rings. The number of carbonyl (C=O) groups excluding carboxylic acids is 4. The number of aliphatic carboxylic acids is 2. The third-order valence-corrected chi connectivity index (χ3v) is 4.57. The van der Waals surface area contributed by atoms with Crippen LogP contribution in [0.1, 0.15) is 11.1 Å². The summed E-state index contributed by atoms with van der Waals surface area (Å²) in [5.74, 6) is -5.93. The molecular formula is C26H22O14. The average molecular weight is 558 g/mol. The van der Waals surface area contributed by atoms with Gasteiger partial charge in [0.05, 0.1) is 14.2 Å². The summed E-state index contributed by atoms with van der Waals surface area (Å²) in [5.41, 5.74) is 0.828. The van der Waals surface area contributed by atoms with Crippen molar-refractivity contribution in [3.05, 3.63) is 71.8 Å². The first-order valence-electron chi connectivity index (χ1n) is 11.0. The third kappa shape index (κ3) is 10.0. The molecule has 0 amide bonds. The molecule has 0 aliphatic carbocycles. The number of ether oxygens (including phenoxy) is 6. The van der Waals surface area contributed by atoms with E-state index in [9.17, 15) is 39.0 Å². The summed E-state index contributed by atoms with van der Waals surface area (Å²) in [5, 5.41) is 18.8. The molecule has 0 fully saturated rings. The topological polar surface area (TPSA) is 198 Å². The quantitative estimate of drug-likeness (QED) is 0.176. The molecule has 2 rings (SSSR count). The standard InChI is InChI=1S/C26H22O14/c1-35-25(33)37-17-9-3-15(4-10-17)7-13-19(27)39-21(23(29)30)22(24(31)32)40-20(28)14-8-16-5-11-18(12-6-16)38-26(34)36-2/h3-14,21-22H,1-2H3,(H,29,30)(H,31,32)/b13-7+,14-8+/t21-,22-/m0/s1. The van der Waals surface area contributed by atoms with Gasteiger partial charge in [-0.15, -0.1) is 0 Å². The highest BCUT2D eigenvalue weighted by atomic mass is 16.7. The SMILES string of the molecule is COC(=O)Oc1ccc(/C=C/C(=O)O[C@H](C(=O)O)[C@H](OC(=O)/C=C/c2ccc(OC(=O)OC)cc2)C(=O)O)cc1. The number of hydrogen-bond acceptors (Lipinski definition) is 12. The number of methoxy groups -OCH3 is 2. The van der Waals surface area contributed by atoms with Gasteiger partial charge in [0.1, 0.15) is 11.5 Å². The number of esters is 2. The van der Waals surface area contributed by atoms with Crippen LogP contribution in [-0.2, 0) is 38.1 Å². The van der Waals surface area contributed by atoms with Crippen LogP contribution in [0.25, 0.3) is 12.2 Å². The Hall–Kier alpha value is -5.66. The lowest BCUT2D eigenvalue weighted by molar-refractivity contribution is -0.183. The molecule has 0 bridgehead atoms. The molecule has 0 unspecified atom stereocenters. The maximum Gasteiger partial charge on any atom is 0.513 e. The summed E-state index contributed by atoms with van der Waals surface area (Å²) in [7, 11) is 2.27. The van der Waals surface area contributed by atoms with Gasteiger partial charge >= 0.3 is 36.2 Å². The molecule has 210 valence electrons. The zero-order chi connectivity index (χ0) is 29.7. The van der Waals surface area contributed by atoms with Gasteiger partial charge in [-0.2, -0.15) is 0 Å². The van der Waals surface area contributed by atoms with E-state index in [-0.39, 0.29) is 11.5 Å². The summed E-state index contributed by atoms with van der Waals surface area (Å²) in [6.45, 7) is 0. The van der Waals surface area contributed by atoms with E-state index in [1.165, 1.54) is 60.7 Å². The highest BCUT2D eigenvalue weighted by Crippen LogP contribution is 2.16. The summed E-state index contributed by atoms with van der Waals surface area (Å²) in [6, 6.07) is 11.4. The first kappa shape index (κ1) is 30.6. The molecule has 14 heteroatoms. The molecule has 40 heavy (non-hydrogen) atoms. The number of carbonyl (C=O) groups is 6. The van der Waals surface area contributed by atoms with E-state index in [2.05, 4.69) is 9.47 Å². The van der Waals surface area contributed by atoms with E-state index in [4.69, 9.17) is 18.9 Å². The van der Waals surface area contributed by atoms with Crippen LogP contribution in [0.5, 0.6) is 11.5 Å². The Morgan fingerprint density at radius 2 is 0.925 bits per heavy atom. The van der Waals surface area contributed by atoms with Crippen molar-refractivity contribution in [2.45, 2.75) is 12.2 Å². The Morgan fingerprint density at radius 3 is 1.20 bits per heavy atom. The van der Waals surface area contributed by atoms with E-state index >= 15 is 0 Å². The fourth-order valence-electron chi connectivity index (χ4n) is 2.71. The summed E-state index contributed by atoms with van der Waals surface area (Å²) >= 11 is 0. The van der Waals surface area contributed by atoms with E-state index in [0.29, 0.717) is 11.1 Å². The maximum absolute atomic E-state index is 12.2. The van der Waals surface area contributed by atoms with E-state index in [0.717, 1.165) is 26.4 Å². The molecule has 0 saturated heterocycles. The van der Waals surface area contributed by atoms with E-state index < -0.39 is 48.4 Å². The van der Waals surface area contributed by atoms with Crippen molar-refractivity contribution in [1.82, 2.24) is 0 Å². The summed E-state index contributed by atoms with van der Waals surface area (Å²) < 4.78 is 27.8. The van der Waals surface area contributed by atoms with Crippen LogP contribution < -0.4 is 9.47 Å². The molecule has 2 atom stereocenters. The molecule has 0 radical (unpaired) electrons. The lowest BCUT2D eigenvalue weighted by Gasteiger charge is -2.19. The van der Waals surface area contributed by atoms with Crippen molar-refractivity contribution in [2.24, 2.45) is 0 Å². The summed E-state index contributed by atoms with van der Waals surface area (Å²) in [6.07, 6.45) is -2.55. The predicted octanol–water partition coefficient (Wildman–Crippen LogP) is 2.70. The van der Waals surface area contributed by atoms with Gasteiger partial charge in [0.15, 0.2) is 0 Å². The van der Waals surface area contributed by atoms with Gasteiger partial charge in [0.2, 0.25) is 12.2 Å². The van der Waals surface area contributed by atoms with Crippen LogP contribution >= 0.6 is 0 Å². The number of hydrogen-bond donors (Lipinski definition) is 2. The lowest BCUT2D eigenvalue weighted by Crippen LogP contribution is -2.45. The van der Waals surface area contributed by atoms with Gasteiger partial charge in [0.25, 0.3) is 0 Å². The smallest absolute Gasteiger partial charge is 0.478 e. The second kappa shape index (κ2) is 14.9. The monoisotopic (exact) mass is 558 g/mol. The van der Waals surface area contributed by atoms with E-state index in [1.54, 1.807) is 0 Å². The molecule has 0 spiro atoms. The van der Waals surface area contributed by atoms with Gasteiger partial charge < -0.3 is 38.6 Å². The minimum absolute atomic E-state index is 0.155. The van der Waals surface area contributed by atoms with E-state index in [1.807, 2.05) is 0 Å². The van der Waals surface area contributed by atoms with Gasteiger partial charge in [-0.05, 0) is 47.5 Å². The maximum atomic E-state index is 12.2. The van der Waals surface area contributed by atoms with Crippen LogP contribution in [0.4, 0.5) is 9.59 Å². The number of carboxylic acids is 2. The van der Waals surface area contributed by atoms with Gasteiger partial charge in [-0.25, -0.2) is 28.8 Å². The van der Waals surface area contributed by atoms with Crippen LogP contribution in [0, 0.1) is 0 Å². The largest absolute Gasteiger partial charge is 0.513 e. The van der Waals surface area contributed by atoms with Gasteiger partial charge in [0, 0.05) is 12.2 Å². The zero-order valence-corrected chi connectivity index (χ0v) is 20.9. The van der Waals surface area contributed by atoms with Crippen LogP contribution in [-0.4, -0.2) is 72.8 Å². The van der Waals surface area contributed by atoms with Crippen LogP contribution in [0.15, 0.2) is 60.7 Å². The second-order valence-electron chi connectivity index (χ2n) is 7.31. The zero-order valence-electron chi connectivity index (χ0n) is 20.9. The number of benzene rings is 2. The highest BCUT2D eigenvalue weighted by molar-refractivity contribution is 5.93. The first-order chi connectivity index (χ1) is 19.0. The highest BCUT2D eigenvalue weighted by Gasteiger charge is 2.40. The second-order valence-corrected chi connectivity index (χ2v) is 7.31. The Kier molecular flexibility index (Phi) is 11.4. The summed E-state index contributed by atoms with van der Waals surface area (Å²) in [4.78, 5) is 69.8. The fourth-order valence-corrected chi connectivity index (χ4v) is 2.71. The molecule has 2 N–H and O–H groups in total. The van der Waals surface area contributed by atoms with Crippen LogP contribution in [0.3, 0.4) is 0 Å². The van der Waals surface area contributed by atoms with Crippen molar-refractivity contribution in [2.75, 3.05) is 14.2 Å². The molecule has 2 aromatic carbocycles. The first-order valence-corrected chi connectivity index (χ1v) is 11.0. The van der Waals surface area contributed by atoms with Crippen molar-refractivity contribution in [3.8, 4) is 11.5 Å². The molecular weight excluding hydrogens is 536 g/mol. The number of carboxylic acid groups (broad SMARTS) is 2. The Bertz CT molecular complexity index is 1190. The minimum atomic E-state index is -2.38. The van der Waals surface area contributed by atoms with Crippen molar-refractivity contribution in [3.63, 3.8) is 0 Å². The fraction of sp³-hybridized carbons (Fsp3) is 0.154. The number of rotatable bonds is 11.